The van der Waals surface area contributed by atoms with E-state index in [-0.39, 0.29) is 0 Å². The molecule has 1 nitrogen and oxygen atoms in total. The molecule has 2 aliphatic rings. The third kappa shape index (κ3) is 1.80. The van der Waals surface area contributed by atoms with Crippen molar-refractivity contribution in [2.24, 2.45) is 0 Å². The minimum absolute atomic E-state index is 1.12. The van der Waals surface area contributed by atoms with Crippen molar-refractivity contribution in [1.29, 1.82) is 0 Å². The van der Waals surface area contributed by atoms with E-state index < -0.39 is 0 Å². The van der Waals surface area contributed by atoms with Crippen molar-refractivity contribution in [3.05, 3.63) is 20.8 Å². The number of rotatable bonds is 0. The van der Waals surface area contributed by atoms with Crippen molar-refractivity contribution in [1.82, 2.24) is 4.72 Å². The monoisotopic (exact) mass is 203 g/mol. The van der Waals surface area contributed by atoms with Gasteiger partial charge in [-0.1, -0.05) is 21.6 Å². The summed E-state index contributed by atoms with van der Waals surface area (Å²) in [5.41, 5.74) is 0. The van der Waals surface area contributed by atoms with Crippen molar-refractivity contribution in [2.75, 3.05) is 6.54 Å². The summed E-state index contributed by atoms with van der Waals surface area (Å²) < 4.78 is 3.30. The van der Waals surface area contributed by atoms with Crippen LogP contribution in [0.5, 0.6) is 0 Å². The summed E-state index contributed by atoms with van der Waals surface area (Å²) in [4.78, 5) is 4.38. The van der Waals surface area contributed by atoms with E-state index in [9.17, 15) is 0 Å². The normalized spacial score (nSPS) is 24.6. The zero-order chi connectivity index (χ0) is 7.68. The summed E-state index contributed by atoms with van der Waals surface area (Å²) in [7, 11) is 3.80. The molecule has 0 saturated heterocycles. The van der Waals surface area contributed by atoms with Gasteiger partial charge in [-0.25, -0.2) is 0 Å². The first-order chi connectivity index (χ1) is 5.36. The third-order valence-corrected chi connectivity index (χ3v) is 5.31. The zero-order valence-electron chi connectivity index (χ0n) is 6.22. The molecule has 0 fully saturated rings. The van der Waals surface area contributed by atoms with Crippen LogP contribution < -0.4 is 4.72 Å². The van der Waals surface area contributed by atoms with Gasteiger partial charge in [0.25, 0.3) is 0 Å². The van der Waals surface area contributed by atoms with Crippen LogP contribution in [-0.4, -0.2) is 6.54 Å². The largest absolute Gasteiger partial charge is 0.260 e. The van der Waals surface area contributed by atoms with Crippen molar-refractivity contribution >= 4 is 33.5 Å². The van der Waals surface area contributed by atoms with Crippen molar-refractivity contribution < 1.29 is 0 Å². The average molecular weight is 203 g/mol. The lowest BCUT2D eigenvalue weighted by Crippen LogP contribution is -2.12. The van der Waals surface area contributed by atoms with E-state index in [4.69, 9.17) is 0 Å². The molecule has 2 heterocycles. The molecule has 0 aliphatic carbocycles. The topological polar surface area (TPSA) is 12.0 Å². The van der Waals surface area contributed by atoms with Crippen LogP contribution in [0.15, 0.2) is 20.8 Å². The van der Waals surface area contributed by atoms with Crippen LogP contribution in [0.25, 0.3) is 0 Å². The number of hydrogen-bond acceptors (Lipinski definition) is 4. The Morgan fingerprint density at radius 2 is 2.36 bits per heavy atom. The van der Waals surface area contributed by atoms with E-state index in [1.54, 1.807) is 16.9 Å². The highest BCUT2D eigenvalue weighted by atomic mass is 33.1. The van der Waals surface area contributed by atoms with E-state index >= 15 is 0 Å². The Morgan fingerprint density at radius 3 is 3.27 bits per heavy atom. The first-order valence-electron chi connectivity index (χ1n) is 3.52. The summed E-state index contributed by atoms with van der Waals surface area (Å²) in [6.07, 6.45) is 3.47. The third-order valence-electron chi connectivity index (χ3n) is 1.52. The standard InChI is InChI=1S/C7H9NS3/c1-5-4-7-6(11-10-5)2-3-8-9-7/h4,8H,2-3H2,1H3. The van der Waals surface area contributed by atoms with Crippen LogP contribution in [0, 0.1) is 0 Å². The molecular weight excluding hydrogens is 194 g/mol. The van der Waals surface area contributed by atoms with Crippen molar-refractivity contribution in [3.63, 3.8) is 0 Å². The van der Waals surface area contributed by atoms with E-state index in [0.717, 1.165) is 6.54 Å². The summed E-state index contributed by atoms with van der Waals surface area (Å²) in [5.74, 6) is 0. The second-order valence-corrected chi connectivity index (χ2v) is 5.86. The lowest BCUT2D eigenvalue weighted by atomic mass is 10.3. The first kappa shape index (κ1) is 8.10. The van der Waals surface area contributed by atoms with Gasteiger partial charge in [0, 0.05) is 16.4 Å². The van der Waals surface area contributed by atoms with Gasteiger partial charge < -0.3 is 0 Å². The van der Waals surface area contributed by atoms with Gasteiger partial charge in [-0.05, 0) is 36.3 Å². The van der Waals surface area contributed by atoms with Crippen LogP contribution in [-0.2, 0) is 0 Å². The molecule has 2 aliphatic heterocycles. The molecule has 0 spiro atoms. The fourth-order valence-electron chi connectivity index (χ4n) is 0.991. The zero-order valence-corrected chi connectivity index (χ0v) is 8.67. The molecular formula is C7H9NS3. The predicted molar refractivity (Wildman–Crippen MR) is 56.2 cm³/mol. The molecule has 0 aromatic rings. The summed E-state index contributed by atoms with van der Waals surface area (Å²) in [6, 6.07) is 0. The van der Waals surface area contributed by atoms with Crippen LogP contribution in [0.2, 0.25) is 0 Å². The van der Waals surface area contributed by atoms with Crippen LogP contribution in [0.4, 0.5) is 0 Å². The molecule has 0 aromatic carbocycles. The lowest BCUT2D eigenvalue weighted by molar-refractivity contribution is 0.917. The van der Waals surface area contributed by atoms with E-state index in [2.05, 4.69) is 17.7 Å². The maximum atomic E-state index is 3.30. The van der Waals surface area contributed by atoms with Gasteiger partial charge in [-0.3, -0.25) is 4.72 Å². The van der Waals surface area contributed by atoms with Gasteiger partial charge in [-0.2, -0.15) is 0 Å². The van der Waals surface area contributed by atoms with Gasteiger partial charge in [0.15, 0.2) is 0 Å². The smallest absolute Gasteiger partial charge is 0.0340 e. The van der Waals surface area contributed by atoms with Crippen LogP contribution >= 0.6 is 33.5 Å². The molecule has 0 aromatic heterocycles. The molecule has 0 atom stereocenters. The van der Waals surface area contributed by atoms with Gasteiger partial charge in [-0.15, -0.1) is 0 Å². The predicted octanol–water partition coefficient (Wildman–Crippen LogP) is 3.14. The molecule has 60 valence electrons. The Labute approximate surface area is 79.0 Å². The number of hydrogen-bond donors (Lipinski definition) is 1. The fourth-order valence-corrected chi connectivity index (χ4v) is 4.37. The summed E-state index contributed by atoms with van der Waals surface area (Å²) in [5, 5.41) is 0. The highest BCUT2D eigenvalue weighted by Crippen LogP contribution is 2.47. The molecule has 11 heavy (non-hydrogen) atoms. The van der Waals surface area contributed by atoms with Gasteiger partial charge in [0.05, 0.1) is 0 Å². The number of nitrogens with one attached hydrogen (secondary N) is 1. The molecule has 1 N–H and O–H groups in total. The fraction of sp³-hybridized carbons (Fsp3) is 0.429. The lowest BCUT2D eigenvalue weighted by Gasteiger charge is -2.21. The molecule has 0 amide bonds. The van der Waals surface area contributed by atoms with Gasteiger partial charge in [0.1, 0.15) is 0 Å². The number of allylic oxidation sites excluding steroid dienone is 2. The van der Waals surface area contributed by atoms with Crippen LogP contribution in [0.1, 0.15) is 13.3 Å². The van der Waals surface area contributed by atoms with E-state index in [1.807, 2.05) is 21.6 Å². The maximum absolute atomic E-state index is 3.30. The SMILES string of the molecule is CC1=CC2=C(CCNS2)SS1. The van der Waals surface area contributed by atoms with Gasteiger partial charge >= 0.3 is 0 Å². The minimum Gasteiger partial charge on any atom is -0.260 e. The molecule has 0 unspecified atom stereocenters. The quantitative estimate of drug-likeness (QED) is 0.479. The van der Waals surface area contributed by atoms with Crippen molar-refractivity contribution in [3.8, 4) is 0 Å². The Kier molecular flexibility index (Phi) is 2.56. The molecule has 0 radical (unpaired) electrons. The summed E-state index contributed by atoms with van der Waals surface area (Å²) >= 11 is 1.77. The minimum atomic E-state index is 1.12. The molecule has 4 heteroatoms. The second kappa shape index (κ2) is 3.47. The first-order valence-corrected chi connectivity index (χ1v) is 6.48. The molecule has 2 rings (SSSR count). The highest BCUT2D eigenvalue weighted by molar-refractivity contribution is 8.79. The Hall–Kier alpha value is 0.490. The second-order valence-electron chi connectivity index (χ2n) is 2.46. The average Bonchev–Trinajstić information content (AvgIpc) is 2.04. The van der Waals surface area contributed by atoms with E-state index in [0.29, 0.717) is 0 Å². The maximum Gasteiger partial charge on any atom is 0.0340 e. The molecule has 0 saturated carbocycles. The summed E-state index contributed by atoms with van der Waals surface area (Å²) in [6.45, 7) is 3.28. The Morgan fingerprint density at radius 1 is 1.45 bits per heavy atom. The molecule has 0 bridgehead atoms. The highest BCUT2D eigenvalue weighted by Gasteiger charge is 2.16. The van der Waals surface area contributed by atoms with Crippen LogP contribution in [0.3, 0.4) is 0 Å². The van der Waals surface area contributed by atoms with Crippen molar-refractivity contribution in [2.45, 2.75) is 13.3 Å². The van der Waals surface area contributed by atoms with Gasteiger partial charge in [0.2, 0.25) is 0 Å². The Bertz CT molecular complexity index is 232. The van der Waals surface area contributed by atoms with E-state index in [1.165, 1.54) is 16.2 Å². The Balaban J connectivity index is 2.25.